The number of carbonyl (C=O) groups excluding carboxylic acids is 1. The number of phenolic OH excluding ortho intramolecular Hbond substituents is 1. The fraction of sp³-hybridized carbons (Fsp3) is 0.235. The highest BCUT2D eigenvalue weighted by Gasteiger charge is 2.24. The van der Waals surface area contributed by atoms with E-state index < -0.39 is 12.0 Å². The number of anilines is 1. The summed E-state index contributed by atoms with van der Waals surface area (Å²) in [6.45, 7) is 4.02. The van der Waals surface area contributed by atoms with Gasteiger partial charge in [-0.2, -0.15) is 0 Å². The largest absolute Gasteiger partial charge is 0.508 e. The Bertz CT molecular complexity index is 625. The van der Waals surface area contributed by atoms with Crippen molar-refractivity contribution in [3.63, 3.8) is 0 Å². The molecule has 0 spiro atoms. The van der Waals surface area contributed by atoms with Crippen molar-refractivity contribution >= 4 is 11.7 Å². The zero-order valence-corrected chi connectivity index (χ0v) is 12.2. The van der Waals surface area contributed by atoms with Gasteiger partial charge >= 0.3 is 5.97 Å². The van der Waals surface area contributed by atoms with Gasteiger partial charge in [0.1, 0.15) is 5.75 Å². The molecule has 1 unspecified atom stereocenters. The summed E-state index contributed by atoms with van der Waals surface area (Å²) in [7, 11) is 0. The normalized spacial score (nSPS) is 11.7. The highest BCUT2D eigenvalue weighted by Crippen LogP contribution is 2.28. The molecule has 0 aliphatic heterocycles. The van der Waals surface area contributed by atoms with Gasteiger partial charge in [-0.3, -0.25) is 0 Å². The molecule has 1 atom stereocenters. The van der Waals surface area contributed by atoms with Gasteiger partial charge in [0, 0.05) is 11.3 Å². The highest BCUT2D eigenvalue weighted by atomic mass is 16.5. The molecular formula is C17H19NO3. The van der Waals surface area contributed by atoms with Gasteiger partial charge < -0.3 is 15.2 Å². The molecule has 2 N–H and O–H groups in total. The second-order valence-corrected chi connectivity index (χ2v) is 4.76. The van der Waals surface area contributed by atoms with E-state index in [1.54, 1.807) is 31.2 Å². The Balaban J connectivity index is 2.33. The third-order valence-corrected chi connectivity index (χ3v) is 3.10. The van der Waals surface area contributed by atoms with Gasteiger partial charge in [0.15, 0.2) is 6.04 Å². The molecule has 0 amide bonds. The van der Waals surface area contributed by atoms with Crippen molar-refractivity contribution in [3.05, 3.63) is 59.7 Å². The molecular weight excluding hydrogens is 266 g/mol. The lowest BCUT2D eigenvalue weighted by molar-refractivity contribution is -0.144. The number of rotatable bonds is 5. The lowest BCUT2D eigenvalue weighted by atomic mass is 10.0. The van der Waals surface area contributed by atoms with Crippen LogP contribution in [0.2, 0.25) is 0 Å². The molecule has 4 heteroatoms. The number of carbonyl (C=O) groups is 1. The molecule has 2 aromatic rings. The van der Waals surface area contributed by atoms with Crippen molar-refractivity contribution in [2.75, 3.05) is 11.9 Å². The van der Waals surface area contributed by atoms with E-state index in [0.29, 0.717) is 12.2 Å². The van der Waals surface area contributed by atoms with Crippen LogP contribution in [0.4, 0.5) is 5.69 Å². The summed E-state index contributed by atoms with van der Waals surface area (Å²) < 4.78 is 5.10. The third kappa shape index (κ3) is 3.75. The van der Waals surface area contributed by atoms with E-state index in [9.17, 15) is 9.90 Å². The Morgan fingerprint density at radius 2 is 2.00 bits per heavy atom. The van der Waals surface area contributed by atoms with Gasteiger partial charge in [-0.25, -0.2) is 4.79 Å². The van der Waals surface area contributed by atoms with Crippen LogP contribution in [0.1, 0.15) is 24.1 Å². The Labute approximate surface area is 124 Å². The van der Waals surface area contributed by atoms with Crippen LogP contribution < -0.4 is 5.32 Å². The summed E-state index contributed by atoms with van der Waals surface area (Å²) in [6.07, 6.45) is 0. The maximum Gasteiger partial charge on any atom is 0.333 e. The van der Waals surface area contributed by atoms with Crippen molar-refractivity contribution in [1.82, 2.24) is 0 Å². The topological polar surface area (TPSA) is 58.6 Å². The van der Waals surface area contributed by atoms with E-state index in [0.717, 1.165) is 11.3 Å². The predicted molar refractivity (Wildman–Crippen MR) is 82.3 cm³/mol. The number of hydrogen-bond acceptors (Lipinski definition) is 4. The molecule has 0 saturated carbocycles. The van der Waals surface area contributed by atoms with Crippen LogP contribution in [0.3, 0.4) is 0 Å². The Morgan fingerprint density at radius 1 is 1.24 bits per heavy atom. The predicted octanol–water partition coefficient (Wildman–Crippen LogP) is 3.42. The Morgan fingerprint density at radius 3 is 2.67 bits per heavy atom. The minimum absolute atomic E-state index is 0.0655. The molecule has 0 bridgehead atoms. The van der Waals surface area contributed by atoms with Crippen LogP contribution in [0.15, 0.2) is 48.5 Å². The average Bonchev–Trinajstić information content (AvgIpc) is 2.46. The first kappa shape index (κ1) is 14.9. The van der Waals surface area contributed by atoms with Crippen LogP contribution in [0.25, 0.3) is 0 Å². The smallest absolute Gasteiger partial charge is 0.333 e. The van der Waals surface area contributed by atoms with E-state index in [2.05, 4.69) is 5.32 Å². The molecule has 0 radical (unpaired) electrons. The molecule has 21 heavy (non-hydrogen) atoms. The summed E-state index contributed by atoms with van der Waals surface area (Å²) in [5.74, 6) is -0.351. The van der Waals surface area contributed by atoms with Gasteiger partial charge in [-0.15, -0.1) is 0 Å². The van der Waals surface area contributed by atoms with Gasteiger partial charge in [-0.1, -0.05) is 30.3 Å². The fourth-order valence-electron chi connectivity index (χ4n) is 2.12. The standard InChI is InChI=1S/C17H19NO3/c1-3-21-17(20)16(14-9-4-5-10-15(14)19)18-13-8-6-7-12(2)11-13/h4-11,16,18-19H,3H2,1-2H3. The van der Waals surface area contributed by atoms with Crippen molar-refractivity contribution in [1.29, 1.82) is 0 Å². The molecule has 0 aliphatic rings. The number of benzene rings is 2. The molecule has 0 aliphatic carbocycles. The number of nitrogens with one attached hydrogen (secondary N) is 1. The molecule has 4 nitrogen and oxygen atoms in total. The lowest BCUT2D eigenvalue weighted by Gasteiger charge is -2.20. The lowest BCUT2D eigenvalue weighted by Crippen LogP contribution is -2.23. The van der Waals surface area contributed by atoms with Gasteiger partial charge in [0.25, 0.3) is 0 Å². The van der Waals surface area contributed by atoms with E-state index in [1.165, 1.54) is 0 Å². The minimum Gasteiger partial charge on any atom is -0.508 e. The first-order valence-corrected chi connectivity index (χ1v) is 6.89. The SMILES string of the molecule is CCOC(=O)C(Nc1cccc(C)c1)c1ccccc1O. The third-order valence-electron chi connectivity index (χ3n) is 3.10. The number of hydrogen-bond donors (Lipinski definition) is 2. The van der Waals surface area contributed by atoms with E-state index >= 15 is 0 Å². The molecule has 110 valence electrons. The van der Waals surface area contributed by atoms with Crippen LogP contribution in [0, 0.1) is 6.92 Å². The second-order valence-electron chi connectivity index (χ2n) is 4.76. The molecule has 2 aromatic carbocycles. The van der Waals surface area contributed by atoms with E-state index in [1.807, 2.05) is 31.2 Å². The monoisotopic (exact) mass is 285 g/mol. The van der Waals surface area contributed by atoms with Crippen LogP contribution in [0.5, 0.6) is 5.75 Å². The summed E-state index contributed by atoms with van der Waals surface area (Å²) >= 11 is 0. The first-order valence-electron chi connectivity index (χ1n) is 6.89. The van der Waals surface area contributed by atoms with E-state index in [4.69, 9.17) is 4.74 Å². The highest BCUT2D eigenvalue weighted by molar-refractivity contribution is 5.82. The van der Waals surface area contributed by atoms with Crippen LogP contribution >= 0.6 is 0 Å². The molecule has 0 aromatic heterocycles. The zero-order valence-electron chi connectivity index (χ0n) is 12.2. The maximum atomic E-state index is 12.2. The quantitative estimate of drug-likeness (QED) is 0.826. The number of ether oxygens (including phenoxy) is 1. The number of aryl methyl sites for hydroxylation is 1. The van der Waals surface area contributed by atoms with Gasteiger partial charge in [-0.05, 0) is 37.6 Å². The second kappa shape index (κ2) is 6.79. The van der Waals surface area contributed by atoms with Crippen LogP contribution in [-0.4, -0.2) is 17.7 Å². The maximum absolute atomic E-state index is 12.2. The molecule has 0 saturated heterocycles. The number of aromatic hydroxyl groups is 1. The average molecular weight is 285 g/mol. The summed E-state index contributed by atoms with van der Waals surface area (Å²) in [6, 6.07) is 13.7. The van der Waals surface area contributed by atoms with Gasteiger partial charge in [0.05, 0.1) is 6.61 Å². The summed E-state index contributed by atoms with van der Waals surface area (Å²) in [4.78, 5) is 12.2. The number of para-hydroxylation sites is 1. The van der Waals surface area contributed by atoms with Crippen molar-refractivity contribution in [3.8, 4) is 5.75 Å². The van der Waals surface area contributed by atoms with Gasteiger partial charge in [0.2, 0.25) is 0 Å². The fourth-order valence-corrected chi connectivity index (χ4v) is 2.12. The number of esters is 1. The Kier molecular flexibility index (Phi) is 4.82. The number of phenols is 1. The summed E-state index contributed by atoms with van der Waals surface area (Å²) in [5, 5.41) is 13.1. The molecule has 0 fully saturated rings. The van der Waals surface area contributed by atoms with Crippen molar-refractivity contribution in [2.45, 2.75) is 19.9 Å². The molecule has 0 heterocycles. The minimum atomic E-state index is -0.743. The Hall–Kier alpha value is -2.49. The van der Waals surface area contributed by atoms with Crippen molar-refractivity contribution < 1.29 is 14.6 Å². The van der Waals surface area contributed by atoms with E-state index in [-0.39, 0.29) is 5.75 Å². The van der Waals surface area contributed by atoms with Crippen molar-refractivity contribution in [2.24, 2.45) is 0 Å². The zero-order chi connectivity index (χ0) is 15.2. The summed E-state index contributed by atoms with van der Waals surface area (Å²) in [5.41, 5.74) is 2.38. The molecule has 2 rings (SSSR count). The van der Waals surface area contributed by atoms with Crippen LogP contribution in [-0.2, 0) is 9.53 Å². The first-order chi connectivity index (χ1) is 10.1.